The minimum absolute atomic E-state index is 0. The van der Waals surface area contributed by atoms with Crippen molar-refractivity contribution in [3.63, 3.8) is 0 Å². The van der Waals surface area contributed by atoms with Crippen LogP contribution in [-0.2, 0) is 29.8 Å². The number of hydrogen-bond acceptors (Lipinski definition) is 9. The summed E-state index contributed by atoms with van der Waals surface area (Å²) in [5.74, 6) is -4.10. The van der Waals surface area contributed by atoms with Crippen LogP contribution in [0.3, 0.4) is 0 Å². The first kappa shape index (κ1) is 43.8. The Hall–Kier alpha value is -1.17. The number of aromatic amines is 1. The van der Waals surface area contributed by atoms with Crippen LogP contribution in [0, 0.1) is 0 Å². The van der Waals surface area contributed by atoms with Crippen LogP contribution in [0.25, 0.3) is 11.8 Å². The molecule has 5 N–H and O–H groups in total. The number of nitrogens with zero attached hydrogens (tertiary/aromatic N) is 3. The molecule has 2 heterocycles. The summed E-state index contributed by atoms with van der Waals surface area (Å²) < 4.78 is 64.0. The van der Waals surface area contributed by atoms with Gasteiger partial charge in [0.1, 0.15) is 0 Å². The van der Waals surface area contributed by atoms with Crippen LogP contribution < -0.4 is 10.6 Å². The minimum Gasteiger partial charge on any atom is -0.477 e. The van der Waals surface area contributed by atoms with Crippen molar-refractivity contribution >= 4 is 174 Å². The van der Waals surface area contributed by atoms with E-state index < -0.39 is 76.0 Å². The fraction of sp³-hybridized carbons (Fsp3) is 0. The van der Waals surface area contributed by atoms with Crippen LogP contribution >= 0.6 is 0 Å². The zero-order chi connectivity index (χ0) is 30.3. The summed E-state index contributed by atoms with van der Waals surface area (Å²) in [7, 11) is -9.05. The number of rotatable bonds is 8. The van der Waals surface area contributed by atoms with Gasteiger partial charge >= 0.3 is 11.9 Å². The standard InChI is InChI=1S/C23H16N4O12S2.4Na/c28-20-16(18(22(30)31)24-26(20)12-4-8-14(9-5-12)40(34,35)36)2-1-3-17-19(23(32)33)25-27(21(17)29)13-6-10-15(11-7-13)41(37,38)39;;;;/h1-11,24H,(H,30,31)(H,32,33)(H,34,35,36)(H,37,38,39);;;;. The number of amides is 1. The van der Waals surface area contributed by atoms with E-state index in [4.69, 9.17) is 9.11 Å². The number of carbonyl (C=O) groups excluding carboxylic acids is 1. The van der Waals surface area contributed by atoms with Gasteiger partial charge in [-0.15, -0.1) is 0 Å². The molecule has 0 saturated heterocycles. The summed E-state index contributed by atoms with van der Waals surface area (Å²) in [5, 5.41) is 25.8. The van der Waals surface area contributed by atoms with Crippen molar-refractivity contribution in [2.45, 2.75) is 9.79 Å². The Balaban J connectivity index is 0.00000484. The molecule has 1 aromatic heterocycles. The van der Waals surface area contributed by atoms with Gasteiger partial charge in [0, 0.05) is 118 Å². The minimum atomic E-state index is -4.53. The average molecular weight is 696 g/mol. The molecule has 0 fully saturated rings. The number of anilines is 1. The molecule has 4 radical (unpaired) electrons. The number of aromatic nitrogens is 2. The second-order valence-corrected chi connectivity index (χ2v) is 10.9. The number of benzene rings is 2. The van der Waals surface area contributed by atoms with Crippen LogP contribution in [0.2, 0.25) is 0 Å². The molecule has 16 nitrogen and oxygen atoms in total. The van der Waals surface area contributed by atoms with Crippen LogP contribution in [0.4, 0.5) is 5.69 Å². The molecule has 3 aromatic rings. The van der Waals surface area contributed by atoms with E-state index >= 15 is 0 Å². The van der Waals surface area contributed by atoms with Crippen molar-refractivity contribution in [1.82, 2.24) is 9.78 Å². The summed E-state index contributed by atoms with van der Waals surface area (Å²) in [6.45, 7) is 0. The molecule has 0 unspecified atom stereocenters. The molecule has 0 bridgehead atoms. The topological polar surface area (TPSA) is 254 Å². The van der Waals surface area contributed by atoms with Gasteiger partial charge in [0.25, 0.3) is 31.7 Å². The van der Waals surface area contributed by atoms with Crippen molar-refractivity contribution in [2.24, 2.45) is 5.10 Å². The summed E-state index contributed by atoms with van der Waals surface area (Å²) in [4.78, 5) is 48.4. The first-order chi connectivity index (χ1) is 19.1. The predicted octanol–water partition coefficient (Wildman–Crippen LogP) is -0.739. The van der Waals surface area contributed by atoms with E-state index in [1.807, 2.05) is 0 Å². The Morgan fingerprint density at radius 2 is 1.22 bits per heavy atom. The summed E-state index contributed by atoms with van der Waals surface area (Å²) in [6, 6.07) is 8.38. The van der Waals surface area contributed by atoms with Crippen molar-refractivity contribution in [3.05, 3.63) is 87.9 Å². The first-order valence-corrected chi connectivity index (χ1v) is 13.8. The van der Waals surface area contributed by atoms with Gasteiger partial charge in [0.2, 0.25) is 0 Å². The molecule has 2 aromatic carbocycles. The van der Waals surface area contributed by atoms with E-state index in [0.717, 1.165) is 71.4 Å². The number of nitrogens with one attached hydrogen (secondary N) is 1. The van der Waals surface area contributed by atoms with Crippen molar-refractivity contribution in [2.75, 3.05) is 5.01 Å². The third-order valence-electron chi connectivity index (χ3n) is 5.52. The molecule has 1 aliphatic heterocycles. The smallest absolute Gasteiger partial charge is 0.357 e. The van der Waals surface area contributed by atoms with Gasteiger partial charge in [-0.1, -0.05) is 6.08 Å². The normalized spacial score (nSPS) is 13.7. The number of allylic oxidation sites excluding steroid dienone is 2. The number of H-pyrrole nitrogens is 1. The molecule has 1 amide bonds. The second kappa shape index (κ2) is 17.3. The van der Waals surface area contributed by atoms with Gasteiger partial charge < -0.3 is 10.2 Å². The summed E-state index contributed by atoms with van der Waals surface area (Å²) in [5.41, 5.74) is -3.08. The first-order valence-electron chi connectivity index (χ1n) is 10.9. The van der Waals surface area contributed by atoms with E-state index in [-0.39, 0.29) is 130 Å². The maximum absolute atomic E-state index is 13.0. The van der Waals surface area contributed by atoms with Crippen LogP contribution in [-0.4, -0.2) is 188 Å². The van der Waals surface area contributed by atoms with Gasteiger partial charge in [-0.2, -0.15) is 26.9 Å². The molecule has 22 heteroatoms. The number of carboxylic acids is 2. The molecule has 0 aliphatic carbocycles. The largest absolute Gasteiger partial charge is 0.477 e. The summed E-state index contributed by atoms with van der Waals surface area (Å²) >= 11 is 0. The average Bonchev–Trinajstić information content (AvgIpc) is 3.40. The van der Waals surface area contributed by atoms with Crippen molar-refractivity contribution in [3.8, 4) is 5.69 Å². The molecule has 4 rings (SSSR count). The van der Waals surface area contributed by atoms with E-state index in [9.17, 15) is 46.2 Å². The molecule has 0 atom stereocenters. The monoisotopic (exact) mass is 696 g/mol. The molecular formula is C23H16N4Na4O12S2. The number of hydrazone groups is 1. The maximum Gasteiger partial charge on any atom is 0.357 e. The van der Waals surface area contributed by atoms with Crippen LogP contribution in [0.1, 0.15) is 16.1 Å². The van der Waals surface area contributed by atoms with E-state index in [1.165, 1.54) is 0 Å². The second-order valence-electron chi connectivity index (χ2n) is 8.09. The van der Waals surface area contributed by atoms with E-state index in [2.05, 4.69) is 10.2 Å². The molecular weight excluding hydrogens is 680 g/mol. The number of carboxylic acid groups (broad SMARTS) is 2. The number of hydrogen-bond donors (Lipinski definition) is 5. The molecule has 0 spiro atoms. The fourth-order valence-electron chi connectivity index (χ4n) is 3.61. The van der Waals surface area contributed by atoms with Crippen LogP contribution in [0.5, 0.6) is 0 Å². The van der Waals surface area contributed by atoms with Crippen LogP contribution in [0.15, 0.2) is 85.9 Å². The third-order valence-corrected chi connectivity index (χ3v) is 7.25. The molecule has 216 valence electrons. The molecule has 1 aliphatic rings. The Morgan fingerprint density at radius 3 is 1.64 bits per heavy atom. The molecule has 45 heavy (non-hydrogen) atoms. The van der Waals surface area contributed by atoms with E-state index in [1.54, 1.807) is 0 Å². The number of aliphatic carboxylic acids is 1. The van der Waals surface area contributed by atoms with Gasteiger partial charge in [-0.25, -0.2) is 14.3 Å². The maximum atomic E-state index is 13.0. The number of aromatic carboxylic acids is 1. The van der Waals surface area contributed by atoms with Gasteiger partial charge in [-0.3, -0.25) is 23.8 Å². The van der Waals surface area contributed by atoms with Gasteiger partial charge in [0.05, 0.1) is 32.3 Å². The Kier molecular flexibility index (Phi) is 16.8. The van der Waals surface area contributed by atoms with E-state index in [0.29, 0.717) is 5.01 Å². The molecule has 0 saturated carbocycles. The quantitative estimate of drug-likeness (QED) is 0.111. The third kappa shape index (κ3) is 9.92. The number of carbonyl (C=O) groups is 3. The van der Waals surface area contributed by atoms with Gasteiger partial charge in [-0.05, 0) is 60.7 Å². The van der Waals surface area contributed by atoms with Crippen molar-refractivity contribution in [1.29, 1.82) is 0 Å². The Bertz CT molecular complexity index is 1990. The zero-order valence-electron chi connectivity index (χ0n) is 24.1. The predicted molar refractivity (Wildman–Crippen MR) is 162 cm³/mol. The summed E-state index contributed by atoms with van der Waals surface area (Å²) in [6.07, 6.45) is 3.01. The Labute approximate surface area is 342 Å². The Morgan fingerprint density at radius 1 is 0.756 bits per heavy atom. The van der Waals surface area contributed by atoms with Gasteiger partial charge in [0.15, 0.2) is 11.4 Å². The SMILES string of the molecule is O=C(O)C1=NN(c2ccc(S(=O)(=O)O)cc2)C(=O)C1=CC=Cc1c(C(=O)O)[nH]n(-c2ccc(S(=O)(=O)O)cc2)c1=O.[Na].[Na].[Na].[Na]. The fourth-order valence-corrected chi connectivity index (χ4v) is 4.57. The van der Waals surface area contributed by atoms with Crippen molar-refractivity contribution < 1.29 is 50.5 Å². The zero-order valence-corrected chi connectivity index (χ0v) is 33.7.